The van der Waals surface area contributed by atoms with Gasteiger partial charge in [-0.05, 0) is 42.8 Å². The lowest BCUT2D eigenvalue weighted by atomic mass is 10.1. The minimum Gasteiger partial charge on any atom is -0.322 e. The largest absolute Gasteiger partial charge is 0.419 e. The Balaban J connectivity index is 2.21. The Morgan fingerprint density at radius 3 is 2.41 bits per heavy atom. The zero-order chi connectivity index (χ0) is 20.2. The third-order valence-corrected chi connectivity index (χ3v) is 4.89. The van der Waals surface area contributed by atoms with Crippen LogP contribution in [0.2, 0.25) is 0 Å². The fraction of sp³-hybridized carbons (Fsp3) is 0.235. The Morgan fingerprint density at radius 1 is 1.07 bits per heavy atom. The SMILES string of the molecule is CCCS(=O)(=O)Nc1cccc(C(=O)Nc2ccc(F)c(C(F)(F)F)c2)c1. The topological polar surface area (TPSA) is 75.3 Å². The number of carbonyl (C=O) groups is 1. The first-order valence-electron chi connectivity index (χ1n) is 7.80. The molecule has 2 aromatic rings. The molecule has 0 radical (unpaired) electrons. The molecule has 0 saturated heterocycles. The fourth-order valence-corrected chi connectivity index (χ4v) is 3.37. The van der Waals surface area contributed by atoms with E-state index in [1.54, 1.807) is 6.92 Å². The number of amides is 1. The number of sulfonamides is 1. The molecular weight excluding hydrogens is 388 g/mol. The Labute approximate surface area is 153 Å². The van der Waals surface area contributed by atoms with Crippen molar-refractivity contribution in [3.05, 3.63) is 59.4 Å². The summed E-state index contributed by atoms with van der Waals surface area (Å²) in [5.41, 5.74) is -1.58. The van der Waals surface area contributed by atoms with Gasteiger partial charge in [-0.3, -0.25) is 9.52 Å². The second-order valence-electron chi connectivity index (χ2n) is 5.65. The zero-order valence-electron chi connectivity index (χ0n) is 14.1. The maximum atomic E-state index is 13.3. The molecule has 0 saturated carbocycles. The molecule has 27 heavy (non-hydrogen) atoms. The van der Waals surface area contributed by atoms with Crippen molar-refractivity contribution in [1.29, 1.82) is 0 Å². The summed E-state index contributed by atoms with van der Waals surface area (Å²) in [5.74, 6) is -2.32. The summed E-state index contributed by atoms with van der Waals surface area (Å²) in [6.45, 7) is 1.70. The third-order valence-electron chi connectivity index (χ3n) is 3.40. The molecule has 0 aliphatic heterocycles. The van der Waals surface area contributed by atoms with Crippen molar-refractivity contribution in [2.24, 2.45) is 0 Å². The van der Waals surface area contributed by atoms with E-state index in [1.165, 1.54) is 24.3 Å². The molecule has 146 valence electrons. The predicted molar refractivity (Wildman–Crippen MR) is 93.5 cm³/mol. The fourth-order valence-electron chi connectivity index (χ4n) is 2.25. The Hall–Kier alpha value is -2.62. The van der Waals surface area contributed by atoms with Crippen molar-refractivity contribution in [2.45, 2.75) is 19.5 Å². The van der Waals surface area contributed by atoms with Gasteiger partial charge in [-0.15, -0.1) is 0 Å². The van der Waals surface area contributed by atoms with Gasteiger partial charge in [0.25, 0.3) is 5.91 Å². The van der Waals surface area contributed by atoms with Crippen LogP contribution in [0.1, 0.15) is 29.3 Å². The number of benzene rings is 2. The molecule has 1 amide bonds. The summed E-state index contributed by atoms with van der Waals surface area (Å²) < 4.78 is 77.4. The van der Waals surface area contributed by atoms with Crippen molar-refractivity contribution >= 4 is 27.3 Å². The van der Waals surface area contributed by atoms with Gasteiger partial charge in [0.05, 0.1) is 11.3 Å². The summed E-state index contributed by atoms with van der Waals surface area (Å²) >= 11 is 0. The van der Waals surface area contributed by atoms with Crippen molar-refractivity contribution < 1.29 is 30.8 Å². The number of alkyl halides is 3. The van der Waals surface area contributed by atoms with E-state index in [9.17, 15) is 30.8 Å². The molecule has 5 nitrogen and oxygen atoms in total. The minimum atomic E-state index is -4.90. The van der Waals surface area contributed by atoms with Crippen molar-refractivity contribution in [1.82, 2.24) is 0 Å². The molecule has 0 fully saturated rings. The van der Waals surface area contributed by atoms with Crippen molar-refractivity contribution in [2.75, 3.05) is 15.8 Å². The Kier molecular flexibility index (Phi) is 6.09. The van der Waals surface area contributed by atoms with Crippen LogP contribution in [0.15, 0.2) is 42.5 Å². The van der Waals surface area contributed by atoms with Crippen molar-refractivity contribution in [3.8, 4) is 0 Å². The van der Waals surface area contributed by atoms with Gasteiger partial charge in [-0.25, -0.2) is 12.8 Å². The molecular formula is C17H16F4N2O3S. The summed E-state index contributed by atoms with van der Waals surface area (Å²) in [6.07, 6.45) is -4.50. The molecule has 2 aromatic carbocycles. The van der Waals surface area contributed by atoms with E-state index in [0.717, 1.165) is 6.07 Å². The van der Waals surface area contributed by atoms with Crippen LogP contribution in [0.3, 0.4) is 0 Å². The van der Waals surface area contributed by atoms with E-state index in [1.807, 2.05) is 0 Å². The second kappa shape index (κ2) is 7.95. The van der Waals surface area contributed by atoms with Gasteiger partial charge >= 0.3 is 6.18 Å². The van der Waals surface area contributed by atoms with Crippen LogP contribution in [0.4, 0.5) is 28.9 Å². The highest BCUT2D eigenvalue weighted by Gasteiger charge is 2.34. The van der Waals surface area contributed by atoms with E-state index in [2.05, 4.69) is 10.0 Å². The third kappa shape index (κ3) is 5.68. The molecule has 10 heteroatoms. The lowest BCUT2D eigenvalue weighted by Crippen LogP contribution is -2.17. The maximum absolute atomic E-state index is 13.3. The van der Waals surface area contributed by atoms with Crippen LogP contribution in [0, 0.1) is 5.82 Å². The predicted octanol–water partition coefficient (Wildman–Crippen LogP) is 4.25. The number of rotatable bonds is 6. The lowest BCUT2D eigenvalue weighted by molar-refractivity contribution is -0.139. The Morgan fingerprint density at radius 2 is 1.78 bits per heavy atom. The summed E-state index contributed by atoms with van der Waals surface area (Å²) in [6, 6.07) is 7.55. The van der Waals surface area contributed by atoms with Crippen molar-refractivity contribution in [3.63, 3.8) is 0 Å². The normalized spacial score (nSPS) is 11.9. The molecule has 2 rings (SSSR count). The van der Waals surface area contributed by atoms with Gasteiger partial charge in [-0.2, -0.15) is 13.2 Å². The number of carbonyl (C=O) groups excluding carboxylic acids is 1. The van der Waals surface area contributed by atoms with Crippen LogP contribution in [0.5, 0.6) is 0 Å². The van der Waals surface area contributed by atoms with Gasteiger partial charge in [0.2, 0.25) is 10.0 Å². The second-order valence-corrected chi connectivity index (χ2v) is 7.49. The van der Waals surface area contributed by atoms with Gasteiger partial charge in [0, 0.05) is 16.9 Å². The monoisotopic (exact) mass is 404 g/mol. The lowest BCUT2D eigenvalue weighted by Gasteiger charge is -2.12. The summed E-state index contributed by atoms with van der Waals surface area (Å²) in [7, 11) is -3.56. The van der Waals surface area contributed by atoms with E-state index in [-0.39, 0.29) is 22.7 Å². The maximum Gasteiger partial charge on any atom is 0.419 e. The van der Waals surface area contributed by atoms with Gasteiger partial charge in [0.1, 0.15) is 5.82 Å². The van der Waals surface area contributed by atoms with Crippen LogP contribution in [-0.4, -0.2) is 20.1 Å². The number of hydrogen-bond donors (Lipinski definition) is 2. The highest BCUT2D eigenvalue weighted by atomic mass is 32.2. The Bertz CT molecular complexity index is 943. The van der Waals surface area contributed by atoms with Gasteiger partial charge < -0.3 is 5.32 Å². The van der Waals surface area contributed by atoms with E-state index in [4.69, 9.17) is 0 Å². The van der Waals surface area contributed by atoms with E-state index >= 15 is 0 Å². The van der Waals surface area contributed by atoms with Crippen LogP contribution < -0.4 is 10.0 Å². The first kappa shape index (κ1) is 20.7. The van der Waals surface area contributed by atoms with E-state index in [0.29, 0.717) is 18.6 Å². The van der Waals surface area contributed by atoms with Crippen LogP contribution in [0.25, 0.3) is 0 Å². The molecule has 0 aliphatic carbocycles. The average Bonchev–Trinajstić information content (AvgIpc) is 2.55. The van der Waals surface area contributed by atoms with Gasteiger partial charge in [-0.1, -0.05) is 13.0 Å². The number of hydrogen-bond acceptors (Lipinski definition) is 3. The molecule has 0 aromatic heterocycles. The first-order chi connectivity index (χ1) is 12.5. The quantitative estimate of drug-likeness (QED) is 0.707. The number of anilines is 2. The van der Waals surface area contributed by atoms with E-state index < -0.39 is 33.5 Å². The highest BCUT2D eigenvalue weighted by molar-refractivity contribution is 7.92. The molecule has 0 unspecified atom stereocenters. The molecule has 0 spiro atoms. The highest BCUT2D eigenvalue weighted by Crippen LogP contribution is 2.33. The molecule has 0 atom stereocenters. The molecule has 0 heterocycles. The molecule has 2 N–H and O–H groups in total. The van der Waals surface area contributed by atoms with Crippen LogP contribution >= 0.6 is 0 Å². The zero-order valence-corrected chi connectivity index (χ0v) is 14.9. The average molecular weight is 404 g/mol. The first-order valence-corrected chi connectivity index (χ1v) is 9.45. The smallest absolute Gasteiger partial charge is 0.322 e. The number of nitrogens with one attached hydrogen (secondary N) is 2. The standard InChI is InChI=1S/C17H16F4N2O3S/c1-2-8-27(25,26)23-13-5-3-4-11(9-13)16(24)22-12-6-7-15(18)14(10-12)17(19,20)21/h3-7,9-10,23H,2,8H2,1H3,(H,22,24). The number of halogens is 4. The molecule has 0 aliphatic rings. The van der Waals surface area contributed by atoms with Gasteiger partial charge in [0.15, 0.2) is 0 Å². The molecule has 0 bridgehead atoms. The summed E-state index contributed by atoms with van der Waals surface area (Å²) in [5, 5.41) is 2.23. The van der Waals surface area contributed by atoms with Crippen LogP contribution in [-0.2, 0) is 16.2 Å². The summed E-state index contributed by atoms with van der Waals surface area (Å²) in [4.78, 5) is 12.2. The minimum absolute atomic E-state index is 0.0181.